The van der Waals surface area contributed by atoms with Crippen LogP contribution in [0.4, 0.5) is 5.13 Å². The van der Waals surface area contributed by atoms with Crippen LogP contribution in [-0.4, -0.2) is 25.1 Å². The summed E-state index contributed by atoms with van der Waals surface area (Å²) in [7, 11) is 3.12. The molecular formula is C16H19IN2O3S. The first-order valence-electron chi connectivity index (χ1n) is 7.18. The zero-order valence-corrected chi connectivity index (χ0v) is 16.4. The van der Waals surface area contributed by atoms with Gasteiger partial charge in [-0.15, -0.1) is 11.3 Å². The summed E-state index contributed by atoms with van der Waals surface area (Å²) in [6.45, 7) is 4.24. The largest absolute Gasteiger partial charge is 0.493 e. The normalized spacial score (nSPS) is 11.9. The van der Waals surface area contributed by atoms with Crippen LogP contribution in [0.3, 0.4) is 0 Å². The molecule has 7 heteroatoms. The van der Waals surface area contributed by atoms with E-state index >= 15 is 0 Å². The number of amides is 1. The van der Waals surface area contributed by atoms with Crippen LogP contribution in [0.2, 0.25) is 0 Å². The first-order chi connectivity index (χ1) is 11.0. The lowest BCUT2D eigenvalue weighted by Crippen LogP contribution is -2.14. The molecule has 1 amide bonds. The Balaban J connectivity index is 2.22. The van der Waals surface area contributed by atoms with Crippen LogP contribution in [0.5, 0.6) is 11.5 Å². The number of ether oxygens (including phenoxy) is 2. The van der Waals surface area contributed by atoms with Crippen LogP contribution in [0.15, 0.2) is 17.5 Å². The average molecular weight is 446 g/mol. The Labute approximate surface area is 153 Å². The third kappa shape index (κ3) is 4.14. The highest BCUT2D eigenvalue weighted by Crippen LogP contribution is 2.32. The predicted octanol–water partition coefficient (Wildman–Crippen LogP) is 4.53. The smallest absolute Gasteiger partial charge is 0.258 e. The van der Waals surface area contributed by atoms with Gasteiger partial charge in [0.2, 0.25) is 0 Å². The summed E-state index contributed by atoms with van der Waals surface area (Å²) in [6, 6.07) is 3.46. The lowest BCUT2D eigenvalue weighted by atomic mass is 10.1. The zero-order valence-electron chi connectivity index (χ0n) is 13.5. The molecule has 124 valence electrons. The molecule has 5 nitrogen and oxygen atoms in total. The molecule has 1 aromatic heterocycles. The molecule has 1 heterocycles. The molecule has 0 aliphatic carbocycles. The minimum absolute atomic E-state index is 0.208. The molecule has 1 unspecified atom stereocenters. The molecule has 0 saturated heterocycles. The SMILES string of the molecule is CCC(C)c1csc(NC(=O)c2cc(OC)c(OC)cc2I)n1. The standard InChI is InChI=1S/C16H19IN2O3S/c1-5-9(2)12-8-23-16(18-12)19-15(20)10-6-13(21-3)14(22-4)7-11(10)17/h6-9H,5H2,1-4H3,(H,18,19,20). The van der Waals surface area contributed by atoms with Crippen molar-refractivity contribution in [3.05, 3.63) is 32.3 Å². The van der Waals surface area contributed by atoms with Crippen molar-refractivity contribution in [2.75, 3.05) is 19.5 Å². The van der Waals surface area contributed by atoms with Gasteiger partial charge in [0.25, 0.3) is 5.91 Å². The van der Waals surface area contributed by atoms with E-state index in [2.05, 4.69) is 46.7 Å². The summed E-state index contributed by atoms with van der Waals surface area (Å²) in [5, 5.41) is 5.45. The van der Waals surface area contributed by atoms with Crippen LogP contribution >= 0.6 is 33.9 Å². The fourth-order valence-electron chi connectivity index (χ4n) is 1.97. The molecule has 0 bridgehead atoms. The highest BCUT2D eigenvalue weighted by molar-refractivity contribution is 14.1. The van der Waals surface area contributed by atoms with E-state index < -0.39 is 0 Å². The average Bonchev–Trinajstić information content (AvgIpc) is 3.01. The Kier molecular flexibility index (Phi) is 6.23. The maximum atomic E-state index is 12.5. The Morgan fingerprint density at radius 3 is 2.61 bits per heavy atom. The Bertz CT molecular complexity index is 703. The first kappa shape index (κ1) is 18.0. The van der Waals surface area contributed by atoms with Crippen molar-refractivity contribution >= 4 is 45.0 Å². The Morgan fingerprint density at radius 1 is 1.35 bits per heavy atom. The summed E-state index contributed by atoms with van der Waals surface area (Å²) >= 11 is 3.55. The van der Waals surface area contributed by atoms with Crippen LogP contribution in [0, 0.1) is 3.57 Å². The number of methoxy groups -OCH3 is 2. The predicted molar refractivity (Wildman–Crippen MR) is 101 cm³/mol. The van der Waals surface area contributed by atoms with Crippen molar-refractivity contribution in [1.82, 2.24) is 4.98 Å². The van der Waals surface area contributed by atoms with Gasteiger partial charge in [-0.25, -0.2) is 4.98 Å². The van der Waals surface area contributed by atoms with E-state index in [1.54, 1.807) is 26.4 Å². The number of carbonyl (C=O) groups is 1. The van der Waals surface area contributed by atoms with Gasteiger partial charge >= 0.3 is 0 Å². The highest BCUT2D eigenvalue weighted by Gasteiger charge is 2.17. The van der Waals surface area contributed by atoms with Gasteiger partial charge in [-0.1, -0.05) is 13.8 Å². The molecule has 0 saturated carbocycles. The Hall–Kier alpha value is -1.35. The molecular weight excluding hydrogens is 427 g/mol. The van der Waals surface area contributed by atoms with E-state index in [1.165, 1.54) is 11.3 Å². The summed E-state index contributed by atoms with van der Waals surface area (Å²) in [6.07, 6.45) is 1.02. The fourth-order valence-corrected chi connectivity index (χ4v) is 3.48. The van der Waals surface area contributed by atoms with Crippen molar-refractivity contribution in [2.24, 2.45) is 0 Å². The number of nitrogens with one attached hydrogen (secondary N) is 1. The maximum Gasteiger partial charge on any atom is 0.258 e. The van der Waals surface area contributed by atoms with Crippen molar-refractivity contribution in [3.8, 4) is 11.5 Å². The number of thiazole rings is 1. The molecule has 0 aliphatic rings. The number of benzene rings is 1. The number of anilines is 1. The van der Waals surface area contributed by atoms with Gasteiger partial charge in [0.05, 0.1) is 25.5 Å². The number of hydrogen-bond donors (Lipinski definition) is 1. The van der Waals surface area contributed by atoms with E-state index in [4.69, 9.17) is 9.47 Å². The van der Waals surface area contributed by atoms with Crippen molar-refractivity contribution in [1.29, 1.82) is 0 Å². The first-order valence-corrected chi connectivity index (χ1v) is 9.14. The monoisotopic (exact) mass is 446 g/mol. The Morgan fingerprint density at radius 2 is 2.00 bits per heavy atom. The van der Waals surface area contributed by atoms with Crippen molar-refractivity contribution in [2.45, 2.75) is 26.2 Å². The van der Waals surface area contributed by atoms with Gasteiger partial charge in [0, 0.05) is 8.95 Å². The number of hydrogen-bond acceptors (Lipinski definition) is 5. The lowest BCUT2D eigenvalue weighted by Gasteiger charge is -2.11. The zero-order chi connectivity index (χ0) is 17.0. The topological polar surface area (TPSA) is 60.5 Å². The van der Waals surface area contributed by atoms with E-state index in [0.29, 0.717) is 28.1 Å². The second kappa shape index (κ2) is 7.96. The van der Waals surface area contributed by atoms with Gasteiger partial charge in [-0.2, -0.15) is 0 Å². The fraction of sp³-hybridized carbons (Fsp3) is 0.375. The maximum absolute atomic E-state index is 12.5. The summed E-state index contributed by atoms with van der Waals surface area (Å²) in [5.41, 5.74) is 1.54. The van der Waals surface area contributed by atoms with E-state index in [-0.39, 0.29) is 5.91 Å². The minimum atomic E-state index is -0.208. The second-order valence-corrected chi connectivity index (χ2v) is 7.05. The second-order valence-electron chi connectivity index (χ2n) is 5.03. The van der Waals surface area contributed by atoms with Gasteiger partial charge in [0.15, 0.2) is 16.6 Å². The molecule has 0 fully saturated rings. The van der Waals surface area contributed by atoms with Crippen molar-refractivity contribution in [3.63, 3.8) is 0 Å². The molecule has 23 heavy (non-hydrogen) atoms. The van der Waals surface area contributed by atoms with Crippen LogP contribution in [0.1, 0.15) is 42.2 Å². The third-order valence-electron chi connectivity index (χ3n) is 3.58. The quantitative estimate of drug-likeness (QED) is 0.663. The number of aromatic nitrogens is 1. The van der Waals surface area contributed by atoms with E-state index in [0.717, 1.165) is 15.7 Å². The van der Waals surface area contributed by atoms with Gasteiger partial charge < -0.3 is 9.47 Å². The lowest BCUT2D eigenvalue weighted by molar-refractivity contribution is 0.102. The van der Waals surface area contributed by atoms with Crippen LogP contribution in [0.25, 0.3) is 0 Å². The summed E-state index contributed by atoms with van der Waals surface area (Å²) in [5.74, 6) is 1.30. The van der Waals surface area contributed by atoms with Gasteiger partial charge in [0.1, 0.15) is 0 Å². The molecule has 2 aromatic rings. The van der Waals surface area contributed by atoms with Gasteiger partial charge in [-0.05, 0) is 47.1 Å². The van der Waals surface area contributed by atoms with E-state index in [1.807, 2.05) is 5.38 Å². The van der Waals surface area contributed by atoms with E-state index in [9.17, 15) is 4.79 Å². The summed E-state index contributed by atoms with van der Waals surface area (Å²) in [4.78, 5) is 17.0. The third-order valence-corrected chi connectivity index (χ3v) is 5.25. The molecule has 1 atom stereocenters. The molecule has 0 spiro atoms. The molecule has 0 aliphatic heterocycles. The summed E-state index contributed by atoms with van der Waals surface area (Å²) < 4.78 is 11.3. The highest BCUT2D eigenvalue weighted by atomic mass is 127. The minimum Gasteiger partial charge on any atom is -0.493 e. The van der Waals surface area contributed by atoms with Crippen LogP contribution in [-0.2, 0) is 0 Å². The van der Waals surface area contributed by atoms with Gasteiger partial charge in [-0.3, -0.25) is 10.1 Å². The molecule has 1 N–H and O–H groups in total. The molecule has 0 radical (unpaired) electrons. The van der Waals surface area contributed by atoms with Crippen LogP contribution < -0.4 is 14.8 Å². The molecule has 2 rings (SSSR count). The van der Waals surface area contributed by atoms with Crippen molar-refractivity contribution < 1.29 is 14.3 Å². The molecule has 1 aromatic carbocycles. The number of nitrogens with zero attached hydrogens (tertiary/aromatic N) is 1. The number of halogens is 1. The number of carbonyl (C=O) groups excluding carboxylic acids is 1. The number of rotatable bonds is 6.